The minimum Gasteiger partial charge on any atom is -0.481 e. The van der Waals surface area contributed by atoms with Crippen molar-refractivity contribution >= 4 is 5.91 Å². The Morgan fingerprint density at radius 1 is 1.47 bits per heavy atom. The van der Waals surface area contributed by atoms with Gasteiger partial charge in [-0.1, -0.05) is 13.0 Å². The Morgan fingerprint density at radius 2 is 2.29 bits per heavy atom. The lowest BCUT2D eigenvalue weighted by atomic mass is 10.3. The van der Waals surface area contributed by atoms with Crippen molar-refractivity contribution in [2.45, 2.75) is 19.9 Å². The first-order valence-corrected chi connectivity index (χ1v) is 5.72. The number of hydrogen-bond acceptors (Lipinski definition) is 4. The van der Waals surface area contributed by atoms with Gasteiger partial charge in [0.05, 0.1) is 13.7 Å². The summed E-state index contributed by atoms with van der Waals surface area (Å²) in [6.45, 7) is 3.77. The Balaban J connectivity index is 2.27. The average Bonchev–Trinajstić information content (AvgIpc) is 2.37. The average molecular weight is 237 g/mol. The zero-order valence-corrected chi connectivity index (χ0v) is 10.3. The quantitative estimate of drug-likeness (QED) is 0.685. The lowest BCUT2D eigenvalue weighted by molar-refractivity contribution is -0.120. The molecule has 1 aromatic heterocycles. The second-order valence-electron chi connectivity index (χ2n) is 3.66. The number of nitrogens with zero attached hydrogens (tertiary/aromatic N) is 1. The third-order valence-electron chi connectivity index (χ3n) is 2.21. The molecule has 5 heteroatoms. The van der Waals surface area contributed by atoms with E-state index in [1.165, 1.54) is 0 Å². The van der Waals surface area contributed by atoms with E-state index in [0.717, 1.165) is 18.5 Å². The van der Waals surface area contributed by atoms with Gasteiger partial charge in [-0.2, -0.15) is 0 Å². The highest BCUT2D eigenvalue weighted by Crippen LogP contribution is 2.05. The van der Waals surface area contributed by atoms with Crippen molar-refractivity contribution in [3.8, 4) is 5.88 Å². The van der Waals surface area contributed by atoms with Crippen LogP contribution in [0.2, 0.25) is 0 Å². The second kappa shape index (κ2) is 7.62. The van der Waals surface area contributed by atoms with E-state index in [-0.39, 0.29) is 5.91 Å². The summed E-state index contributed by atoms with van der Waals surface area (Å²) in [7, 11) is 1.57. The molecule has 0 aliphatic rings. The van der Waals surface area contributed by atoms with Crippen molar-refractivity contribution in [2.24, 2.45) is 0 Å². The first kappa shape index (κ1) is 13.4. The predicted octanol–water partition coefficient (Wildman–Crippen LogP) is 0.706. The summed E-state index contributed by atoms with van der Waals surface area (Å²) in [5.74, 6) is 0.568. The molecule has 1 amide bonds. The highest BCUT2D eigenvalue weighted by molar-refractivity contribution is 5.77. The number of amides is 1. The summed E-state index contributed by atoms with van der Waals surface area (Å²) in [5.41, 5.74) is 0.953. The predicted molar refractivity (Wildman–Crippen MR) is 65.8 cm³/mol. The van der Waals surface area contributed by atoms with Gasteiger partial charge >= 0.3 is 0 Å². The van der Waals surface area contributed by atoms with E-state index >= 15 is 0 Å². The van der Waals surface area contributed by atoms with Crippen LogP contribution < -0.4 is 15.4 Å². The second-order valence-corrected chi connectivity index (χ2v) is 3.66. The van der Waals surface area contributed by atoms with Crippen LogP contribution in [-0.4, -0.2) is 31.1 Å². The zero-order chi connectivity index (χ0) is 12.5. The van der Waals surface area contributed by atoms with Gasteiger partial charge in [0.15, 0.2) is 0 Å². The topological polar surface area (TPSA) is 63.2 Å². The largest absolute Gasteiger partial charge is 0.481 e. The van der Waals surface area contributed by atoms with Gasteiger partial charge in [-0.15, -0.1) is 0 Å². The minimum atomic E-state index is -0.00531. The van der Waals surface area contributed by atoms with Crippen molar-refractivity contribution in [2.75, 3.05) is 20.2 Å². The molecule has 5 nitrogen and oxygen atoms in total. The van der Waals surface area contributed by atoms with Crippen LogP contribution in [0.3, 0.4) is 0 Å². The van der Waals surface area contributed by atoms with E-state index in [4.69, 9.17) is 4.74 Å². The van der Waals surface area contributed by atoms with Crippen molar-refractivity contribution in [1.29, 1.82) is 0 Å². The molecule has 17 heavy (non-hydrogen) atoms. The van der Waals surface area contributed by atoms with Gasteiger partial charge in [-0.3, -0.25) is 4.79 Å². The number of ether oxygens (including phenoxy) is 1. The number of carbonyl (C=O) groups is 1. The van der Waals surface area contributed by atoms with E-state index in [2.05, 4.69) is 22.5 Å². The SMILES string of the molecule is CCCNCC(=O)NCc1ccc(OC)nc1. The molecule has 0 radical (unpaired) electrons. The Morgan fingerprint density at radius 3 is 2.88 bits per heavy atom. The summed E-state index contributed by atoms with van der Waals surface area (Å²) >= 11 is 0. The number of hydrogen-bond donors (Lipinski definition) is 2. The van der Waals surface area contributed by atoms with E-state index in [1.54, 1.807) is 19.4 Å². The molecule has 94 valence electrons. The Hall–Kier alpha value is -1.62. The van der Waals surface area contributed by atoms with Crippen LogP contribution >= 0.6 is 0 Å². The molecule has 0 saturated carbocycles. The zero-order valence-electron chi connectivity index (χ0n) is 10.3. The molecule has 0 bridgehead atoms. The fourth-order valence-corrected chi connectivity index (χ4v) is 1.28. The van der Waals surface area contributed by atoms with Crippen molar-refractivity contribution < 1.29 is 9.53 Å². The molecule has 1 rings (SSSR count). The molecule has 0 aromatic carbocycles. The molecule has 1 aromatic rings. The third-order valence-corrected chi connectivity index (χ3v) is 2.21. The normalized spacial score (nSPS) is 10.0. The van der Waals surface area contributed by atoms with Gasteiger partial charge in [0.2, 0.25) is 11.8 Å². The lowest BCUT2D eigenvalue weighted by Crippen LogP contribution is -2.33. The summed E-state index contributed by atoms with van der Waals surface area (Å²) in [5, 5.41) is 5.85. The summed E-state index contributed by atoms with van der Waals surface area (Å²) in [6.07, 6.45) is 2.72. The molecule has 0 saturated heterocycles. The minimum absolute atomic E-state index is 0.00531. The molecule has 0 fully saturated rings. The van der Waals surface area contributed by atoms with Crippen LogP contribution in [0.15, 0.2) is 18.3 Å². The molecule has 0 aliphatic heterocycles. The van der Waals surface area contributed by atoms with Gasteiger partial charge in [0.1, 0.15) is 0 Å². The van der Waals surface area contributed by atoms with Crippen molar-refractivity contribution in [3.63, 3.8) is 0 Å². The summed E-state index contributed by atoms with van der Waals surface area (Å²) in [4.78, 5) is 15.5. The van der Waals surface area contributed by atoms with Crippen LogP contribution in [0, 0.1) is 0 Å². The molecular weight excluding hydrogens is 218 g/mol. The molecule has 0 unspecified atom stereocenters. The maximum atomic E-state index is 11.4. The number of carbonyl (C=O) groups excluding carboxylic acids is 1. The molecule has 1 heterocycles. The number of pyridine rings is 1. The number of aromatic nitrogens is 1. The summed E-state index contributed by atoms with van der Waals surface area (Å²) in [6, 6.07) is 3.66. The van der Waals surface area contributed by atoms with Gasteiger partial charge in [0.25, 0.3) is 0 Å². The fraction of sp³-hybridized carbons (Fsp3) is 0.500. The highest BCUT2D eigenvalue weighted by atomic mass is 16.5. The van der Waals surface area contributed by atoms with E-state index in [0.29, 0.717) is 19.0 Å². The number of nitrogens with one attached hydrogen (secondary N) is 2. The van der Waals surface area contributed by atoms with Gasteiger partial charge in [-0.25, -0.2) is 4.98 Å². The van der Waals surface area contributed by atoms with Gasteiger partial charge in [-0.05, 0) is 18.5 Å². The molecule has 0 atom stereocenters. The maximum absolute atomic E-state index is 11.4. The molecule has 0 spiro atoms. The molecular formula is C12H19N3O2. The summed E-state index contributed by atoms with van der Waals surface area (Å²) < 4.78 is 4.95. The Labute approximate surface area is 102 Å². The first-order chi connectivity index (χ1) is 8.26. The third kappa shape index (κ3) is 5.31. The number of methoxy groups -OCH3 is 1. The van der Waals surface area contributed by atoms with Crippen LogP contribution in [0.25, 0.3) is 0 Å². The molecule has 2 N–H and O–H groups in total. The van der Waals surface area contributed by atoms with Crippen LogP contribution in [0.4, 0.5) is 0 Å². The smallest absolute Gasteiger partial charge is 0.234 e. The fourth-order valence-electron chi connectivity index (χ4n) is 1.28. The number of rotatable bonds is 7. The van der Waals surface area contributed by atoms with Crippen LogP contribution in [0.5, 0.6) is 5.88 Å². The lowest BCUT2D eigenvalue weighted by Gasteiger charge is -2.06. The van der Waals surface area contributed by atoms with E-state index in [1.807, 2.05) is 6.07 Å². The van der Waals surface area contributed by atoms with E-state index in [9.17, 15) is 4.79 Å². The first-order valence-electron chi connectivity index (χ1n) is 5.72. The monoisotopic (exact) mass is 237 g/mol. The molecule has 0 aliphatic carbocycles. The van der Waals surface area contributed by atoms with E-state index < -0.39 is 0 Å². The van der Waals surface area contributed by atoms with Crippen LogP contribution in [-0.2, 0) is 11.3 Å². The Bertz CT molecular complexity index is 338. The van der Waals surface area contributed by atoms with Crippen LogP contribution in [0.1, 0.15) is 18.9 Å². The van der Waals surface area contributed by atoms with Gasteiger partial charge in [0, 0.05) is 18.8 Å². The Kier molecular flexibility index (Phi) is 6.03. The standard InChI is InChI=1S/C12H19N3O2/c1-3-6-13-9-11(16)14-7-10-4-5-12(17-2)15-8-10/h4-5,8,13H,3,6-7,9H2,1-2H3,(H,14,16). The van der Waals surface area contributed by atoms with Crippen molar-refractivity contribution in [1.82, 2.24) is 15.6 Å². The van der Waals surface area contributed by atoms with Crippen molar-refractivity contribution in [3.05, 3.63) is 23.9 Å². The highest BCUT2D eigenvalue weighted by Gasteiger charge is 2.00. The van der Waals surface area contributed by atoms with Gasteiger partial charge < -0.3 is 15.4 Å². The maximum Gasteiger partial charge on any atom is 0.234 e.